The first-order valence-electron chi connectivity index (χ1n) is 6.00. The van der Waals surface area contributed by atoms with E-state index in [-0.39, 0.29) is 30.7 Å². The molecule has 0 fully saturated rings. The number of thioether (sulfide) groups is 1. The molecule has 20 heavy (non-hydrogen) atoms. The zero-order chi connectivity index (χ0) is 15.0. The molecule has 0 aliphatic heterocycles. The van der Waals surface area contributed by atoms with Gasteiger partial charge in [0.15, 0.2) is 5.82 Å². The van der Waals surface area contributed by atoms with Gasteiger partial charge < -0.3 is 15.4 Å². The summed E-state index contributed by atoms with van der Waals surface area (Å²) in [5, 5.41) is 5.88. The molecule has 1 rings (SSSR count). The fourth-order valence-electron chi connectivity index (χ4n) is 1.40. The maximum atomic E-state index is 12.0. The van der Waals surface area contributed by atoms with E-state index in [0.29, 0.717) is 24.0 Å². The molecule has 0 spiro atoms. The van der Waals surface area contributed by atoms with Gasteiger partial charge in [0.1, 0.15) is 18.2 Å². The van der Waals surface area contributed by atoms with Crippen molar-refractivity contribution in [3.8, 4) is 0 Å². The summed E-state index contributed by atoms with van der Waals surface area (Å²) in [5.74, 6) is 1.48. The van der Waals surface area contributed by atoms with Gasteiger partial charge >= 0.3 is 5.51 Å². The smallest absolute Gasteiger partial charge is 0.377 e. The van der Waals surface area contributed by atoms with E-state index in [1.54, 1.807) is 6.07 Å². The predicted molar refractivity (Wildman–Crippen MR) is 73.9 cm³/mol. The molecule has 0 bridgehead atoms. The van der Waals surface area contributed by atoms with Crippen LogP contribution in [0, 0.1) is 0 Å². The van der Waals surface area contributed by atoms with Gasteiger partial charge in [0.05, 0.1) is 0 Å². The molecule has 0 saturated heterocycles. The Labute approximate surface area is 119 Å². The molecule has 0 aliphatic carbocycles. The van der Waals surface area contributed by atoms with Gasteiger partial charge in [-0.3, -0.25) is 0 Å². The molecule has 1 heterocycles. The number of alkyl halides is 3. The number of ether oxygens (including phenoxy) is 1. The van der Waals surface area contributed by atoms with Crippen molar-refractivity contribution in [2.75, 3.05) is 36.6 Å². The summed E-state index contributed by atoms with van der Waals surface area (Å²) < 4.78 is 40.9. The van der Waals surface area contributed by atoms with Gasteiger partial charge in [-0.15, -0.1) is 0 Å². The molecular weight excluding hydrogens is 293 g/mol. The molecule has 0 radical (unpaired) electrons. The number of halogens is 3. The Morgan fingerprint density at radius 3 is 2.45 bits per heavy atom. The highest BCUT2D eigenvalue weighted by Gasteiger charge is 2.27. The second-order valence-corrected chi connectivity index (χ2v) is 4.90. The maximum absolute atomic E-state index is 12.0. The Morgan fingerprint density at radius 1 is 1.25 bits per heavy atom. The first kappa shape index (κ1) is 16.8. The molecule has 0 saturated carbocycles. The normalized spacial score (nSPS) is 11.4. The van der Waals surface area contributed by atoms with Crippen LogP contribution in [0.1, 0.15) is 12.7 Å². The van der Waals surface area contributed by atoms with Crippen LogP contribution >= 0.6 is 11.8 Å². The lowest BCUT2D eigenvalue weighted by Crippen LogP contribution is -2.12. The molecule has 0 unspecified atom stereocenters. The Hall–Kier alpha value is -1.22. The van der Waals surface area contributed by atoms with E-state index < -0.39 is 5.51 Å². The summed E-state index contributed by atoms with van der Waals surface area (Å²) in [7, 11) is 1.52. The maximum Gasteiger partial charge on any atom is 0.441 e. The number of nitrogens with zero attached hydrogens (tertiary/aromatic N) is 2. The van der Waals surface area contributed by atoms with Crippen molar-refractivity contribution in [2.45, 2.75) is 19.0 Å². The third-order valence-electron chi connectivity index (χ3n) is 2.08. The predicted octanol–water partition coefficient (Wildman–Crippen LogP) is 2.72. The van der Waals surface area contributed by atoms with Gasteiger partial charge in [-0.25, -0.2) is 9.97 Å². The Morgan fingerprint density at radius 2 is 1.90 bits per heavy atom. The quantitative estimate of drug-likeness (QED) is 0.720. The lowest BCUT2D eigenvalue weighted by molar-refractivity contribution is -0.0327. The van der Waals surface area contributed by atoms with Gasteiger partial charge in [-0.2, -0.15) is 13.2 Å². The highest BCUT2D eigenvalue weighted by Crippen LogP contribution is 2.29. The molecule has 0 amide bonds. The first-order valence-corrected chi connectivity index (χ1v) is 6.98. The molecule has 1 aromatic heterocycles. The molecule has 114 valence electrons. The summed E-state index contributed by atoms with van der Waals surface area (Å²) in [6.45, 7) is 3.02. The second-order valence-electron chi connectivity index (χ2n) is 3.74. The van der Waals surface area contributed by atoms with Crippen LogP contribution < -0.4 is 10.6 Å². The van der Waals surface area contributed by atoms with Crippen LogP contribution in [0.5, 0.6) is 0 Å². The molecule has 0 aromatic carbocycles. The summed E-state index contributed by atoms with van der Waals surface area (Å²) >= 11 is -0.0645. The fraction of sp³-hybridized carbons (Fsp3) is 0.636. The zero-order valence-electron chi connectivity index (χ0n) is 11.3. The standard InChI is InChI=1S/C11H17F3N4OS/c1-3-15-8-6-9(18-10(17-8)7-19-2)16-4-5-20-11(12,13)14/h6H,3-5,7H2,1-2H3,(H2,15,16,17,18). The van der Waals surface area contributed by atoms with Crippen LogP contribution in [0.3, 0.4) is 0 Å². The number of aromatic nitrogens is 2. The SMILES string of the molecule is CCNc1cc(NCCSC(F)(F)F)nc(COC)n1. The minimum absolute atomic E-state index is 0.0645. The minimum Gasteiger partial charge on any atom is -0.377 e. The second kappa shape index (κ2) is 8.15. The van der Waals surface area contributed by atoms with Crippen LogP contribution in [-0.4, -0.2) is 41.4 Å². The van der Waals surface area contributed by atoms with E-state index in [0.717, 1.165) is 0 Å². The third kappa shape index (κ3) is 6.80. The van der Waals surface area contributed by atoms with Crippen LogP contribution in [0.4, 0.5) is 24.8 Å². The molecule has 0 aliphatic rings. The van der Waals surface area contributed by atoms with E-state index in [2.05, 4.69) is 20.6 Å². The van der Waals surface area contributed by atoms with Crippen LogP contribution in [0.2, 0.25) is 0 Å². The number of hydrogen-bond donors (Lipinski definition) is 2. The van der Waals surface area contributed by atoms with Crippen molar-refractivity contribution in [3.63, 3.8) is 0 Å². The molecule has 5 nitrogen and oxygen atoms in total. The zero-order valence-corrected chi connectivity index (χ0v) is 12.1. The van der Waals surface area contributed by atoms with E-state index in [1.165, 1.54) is 7.11 Å². The van der Waals surface area contributed by atoms with Crippen molar-refractivity contribution < 1.29 is 17.9 Å². The first-order chi connectivity index (χ1) is 9.44. The van der Waals surface area contributed by atoms with Crippen molar-refractivity contribution in [3.05, 3.63) is 11.9 Å². The average molecular weight is 310 g/mol. The van der Waals surface area contributed by atoms with E-state index in [9.17, 15) is 13.2 Å². The monoisotopic (exact) mass is 310 g/mol. The lowest BCUT2D eigenvalue weighted by Gasteiger charge is -2.11. The minimum atomic E-state index is -4.20. The number of anilines is 2. The lowest BCUT2D eigenvalue weighted by atomic mass is 10.4. The number of rotatable bonds is 8. The van der Waals surface area contributed by atoms with Crippen LogP contribution in [0.15, 0.2) is 6.07 Å². The molecule has 1 aromatic rings. The highest BCUT2D eigenvalue weighted by molar-refractivity contribution is 8.00. The van der Waals surface area contributed by atoms with Crippen molar-refractivity contribution >= 4 is 23.4 Å². The Balaban J connectivity index is 2.58. The summed E-state index contributed by atoms with van der Waals surface area (Å²) in [6, 6.07) is 1.65. The summed E-state index contributed by atoms with van der Waals surface area (Å²) in [6.07, 6.45) is 0. The number of nitrogens with one attached hydrogen (secondary N) is 2. The number of hydrogen-bond acceptors (Lipinski definition) is 6. The van der Waals surface area contributed by atoms with Crippen molar-refractivity contribution in [1.82, 2.24) is 9.97 Å². The van der Waals surface area contributed by atoms with Crippen LogP contribution in [0.25, 0.3) is 0 Å². The van der Waals surface area contributed by atoms with Crippen molar-refractivity contribution in [2.24, 2.45) is 0 Å². The van der Waals surface area contributed by atoms with Gasteiger partial charge in [0, 0.05) is 32.0 Å². The van der Waals surface area contributed by atoms with Crippen molar-refractivity contribution in [1.29, 1.82) is 0 Å². The topological polar surface area (TPSA) is 59.1 Å². The summed E-state index contributed by atoms with van der Waals surface area (Å²) in [4.78, 5) is 8.37. The van der Waals surface area contributed by atoms with E-state index >= 15 is 0 Å². The third-order valence-corrected chi connectivity index (χ3v) is 2.81. The molecule has 0 atom stereocenters. The van der Waals surface area contributed by atoms with Gasteiger partial charge in [0.25, 0.3) is 0 Å². The largest absolute Gasteiger partial charge is 0.441 e. The highest BCUT2D eigenvalue weighted by atomic mass is 32.2. The van der Waals surface area contributed by atoms with E-state index in [4.69, 9.17) is 4.74 Å². The van der Waals surface area contributed by atoms with Gasteiger partial charge in [0.2, 0.25) is 0 Å². The van der Waals surface area contributed by atoms with Gasteiger partial charge in [-0.1, -0.05) is 0 Å². The van der Waals surface area contributed by atoms with Gasteiger partial charge in [-0.05, 0) is 18.7 Å². The Kier molecular flexibility index (Phi) is 6.86. The van der Waals surface area contributed by atoms with E-state index in [1.807, 2.05) is 6.92 Å². The fourth-order valence-corrected chi connectivity index (χ4v) is 1.83. The molecular formula is C11H17F3N4OS. The molecule has 9 heteroatoms. The molecule has 2 N–H and O–H groups in total. The Bertz CT molecular complexity index is 393. The number of methoxy groups -OCH3 is 1. The summed E-state index contributed by atoms with van der Waals surface area (Å²) in [5.41, 5.74) is -4.20. The average Bonchev–Trinajstić information content (AvgIpc) is 2.34. The van der Waals surface area contributed by atoms with Crippen LogP contribution in [-0.2, 0) is 11.3 Å².